The van der Waals surface area contributed by atoms with Crippen LogP contribution in [0.15, 0.2) is 12.2 Å². The lowest BCUT2D eigenvalue weighted by atomic mass is 9.94. The molecular formula is C10H16ClFS. The molecule has 1 heterocycles. The number of rotatable bonds is 4. The number of thioether (sulfide) groups is 1. The third-order valence-electron chi connectivity index (χ3n) is 2.46. The van der Waals surface area contributed by atoms with Crippen LogP contribution < -0.4 is 0 Å². The molecule has 3 unspecified atom stereocenters. The van der Waals surface area contributed by atoms with E-state index in [1.54, 1.807) is 0 Å². The van der Waals surface area contributed by atoms with E-state index in [9.17, 15) is 4.39 Å². The predicted molar refractivity (Wildman–Crippen MR) is 59.2 cm³/mol. The first-order valence-corrected chi connectivity index (χ1v) is 6.15. The molecule has 0 aromatic carbocycles. The molecule has 0 nitrogen and oxygen atoms in total. The topological polar surface area (TPSA) is 0 Å². The maximum atomic E-state index is 12.3. The van der Waals surface area contributed by atoms with E-state index >= 15 is 0 Å². The van der Waals surface area contributed by atoms with Gasteiger partial charge >= 0.3 is 0 Å². The summed E-state index contributed by atoms with van der Waals surface area (Å²) in [7, 11) is 0. The Morgan fingerprint density at radius 2 is 2.46 bits per heavy atom. The van der Waals surface area contributed by atoms with Crippen LogP contribution in [0, 0.1) is 5.92 Å². The lowest BCUT2D eigenvalue weighted by Gasteiger charge is -2.12. The summed E-state index contributed by atoms with van der Waals surface area (Å²) in [5, 5.41) is 0.735. The largest absolute Gasteiger partial charge is 0.230 e. The van der Waals surface area contributed by atoms with Crippen LogP contribution in [0.4, 0.5) is 4.39 Å². The van der Waals surface area contributed by atoms with Crippen molar-refractivity contribution < 1.29 is 4.39 Å². The van der Waals surface area contributed by atoms with Gasteiger partial charge in [-0.1, -0.05) is 30.7 Å². The van der Waals surface area contributed by atoms with E-state index in [2.05, 4.69) is 13.5 Å². The van der Waals surface area contributed by atoms with E-state index in [4.69, 9.17) is 11.6 Å². The lowest BCUT2D eigenvalue weighted by Crippen LogP contribution is -2.04. The number of alkyl halides is 2. The first-order valence-electron chi connectivity index (χ1n) is 4.67. The van der Waals surface area contributed by atoms with Crippen molar-refractivity contribution in [3.63, 3.8) is 0 Å². The minimum absolute atomic E-state index is 0.413. The standard InChI is InChI=1S/C10H16ClFS/c1-7(3-4-10(11)12)9-5-8(2)13-6-9/h8-10H,1,3-6H2,2H3. The van der Waals surface area contributed by atoms with Crippen LogP contribution >= 0.6 is 23.4 Å². The average molecular weight is 223 g/mol. The van der Waals surface area contributed by atoms with Gasteiger partial charge in [0.05, 0.1) is 0 Å². The minimum atomic E-state index is -1.21. The fourth-order valence-corrected chi connectivity index (χ4v) is 3.01. The van der Waals surface area contributed by atoms with Crippen molar-refractivity contribution in [2.75, 3.05) is 5.75 Å². The average Bonchev–Trinajstić information content (AvgIpc) is 2.47. The van der Waals surface area contributed by atoms with Gasteiger partial charge in [0.1, 0.15) is 0 Å². The molecule has 0 N–H and O–H groups in total. The van der Waals surface area contributed by atoms with Crippen LogP contribution in [0.3, 0.4) is 0 Å². The van der Waals surface area contributed by atoms with Gasteiger partial charge in [-0.05, 0) is 25.2 Å². The lowest BCUT2D eigenvalue weighted by molar-refractivity contribution is 0.415. The Labute approximate surface area is 88.9 Å². The molecule has 3 heteroatoms. The molecule has 1 aliphatic rings. The quantitative estimate of drug-likeness (QED) is 0.512. The molecule has 0 aromatic rings. The normalized spacial score (nSPS) is 30.4. The molecule has 3 atom stereocenters. The van der Waals surface area contributed by atoms with Crippen LogP contribution in [0.1, 0.15) is 26.2 Å². The molecule has 1 aliphatic heterocycles. The Bertz CT molecular complexity index is 182. The zero-order chi connectivity index (χ0) is 9.84. The van der Waals surface area contributed by atoms with Crippen molar-refractivity contribution in [3.8, 4) is 0 Å². The molecule has 1 rings (SSSR count). The van der Waals surface area contributed by atoms with Crippen LogP contribution in [0.5, 0.6) is 0 Å². The van der Waals surface area contributed by atoms with E-state index in [-0.39, 0.29) is 0 Å². The molecule has 0 spiro atoms. The van der Waals surface area contributed by atoms with E-state index in [0.717, 1.165) is 17.4 Å². The van der Waals surface area contributed by atoms with Crippen molar-refractivity contribution in [2.45, 2.75) is 37.1 Å². The zero-order valence-electron chi connectivity index (χ0n) is 7.93. The van der Waals surface area contributed by atoms with Gasteiger partial charge in [0.25, 0.3) is 0 Å². The van der Waals surface area contributed by atoms with E-state index in [1.165, 1.54) is 12.0 Å². The van der Waals surface area contributed by atoms with Gasteiger partial charge in [-0.3, -0.25) is 0 Å². The van der Waals surface area contributed by atoms with Gasteiger partial charge in [0.15, 0.2) is 5.63 Å². The first-order chi connectivity index (χ1) is 6.09. The molecule has 0 amide bonds. The second kappa shape index (κ2) is 5.26. The Morgan fingerprint density at radius 3 is 2.92 bits per heavy atom. The van der Waals surface area contributed by atoms with Gasteiger partial charge in [0.2, 0.25) is 0 Å². The van der Waals surface area contributed by atoms with Gasteiger partial charge < -0.3 is 0 Å². The first kappa shape index (κ1) is 11.4. The second-order valence-electron chi connectivity index (χ2n) is 3.66. The van der Waals surface area contributed by atoms with E-state index in [1.807, 2.05) is 11.8 Å². The number of hydrogen-bond acceptors (Lipinski definition) is 1. The smallest absolute Gasteiger partial charge is 0.173 e. The van der Waals surface area contributed by atoms with Crippen molar-refractivity contribution in [1.82, 2.24) is 0 Å². The maximum Gasteiger partial charge on any atom is 0.173 e. The molecule has 0 bridgehead atoms. The highest BCUT2D eigenvalue weighted by molar-refractivity contribution is 8.00. The molecule has 1 fully saturated rings. The van der Waals surface area contributed by atoms with Gasteiger partial charge in [-0.25, -0.2) is 4.39 Å². The summed E-state index contributed by atoms with van der Waals surface area (Å²) < 4.78 is 12.3. The van der Waals surface area contributed by atoms with E-state index < -0.39 is 5.63 Å². The number of allylic oxidation sites excluding steroid dienone is 1. The van der Waals surface area contributed by atoms with Gasteiger partial charge in [-0.15, -0.1) is 0 Å². The summed E-state index contributed by atoms with van der Waals surface area (Å²) in [6, 6.07) is 0. The molecule has 0 radical (unpaired) electrons. The summed E-state index contributed by atoms with van der Waals surface area (Å²) in [4.78, 5) is 0. The van der Waals surface area contributed by atoms with Gasteiger partial charge in [0, 0.05) is 11.0 Å². The van der Waals surface area contributed by atoms with Crippen molar-refractivity contribution in [1.29, 1.82) is 0 Å². The molecule has 1 saturated heterocycles. The molecule has 0 saturated carbocycles. The summed E-state index contributed by atoms with van der Waals surface area (Å²) in [5.41, 5.74) is -0.0246. The summed E-state index contributed by atoms with van der Waals surface area (Å²) in [6.07, 6.45) is 2.35. The predicted octanol–water partition coefficient (Wildman–Crippen LogP) is 4.00. The second-order valence-corrected chi connectivity index (χ2v) is 5.61. The third kappa shape index (κ3) is 3.90. The highest BCUT2D eigenvalue weighted by Crippen LogP contribution is 2.36. The van der Waals surface area contributed by atoms with Crippen LogP contribution in [0.2, 0.25) is 0 Å². The van der Waals surface area contributed by atoms with E-state index in [0.29, 0.717) is 12.3 Å². The Kier molecular flexibility index (Phi) is 4.60. The van der Waals surface area contributed by atoms with Crippen molar-refractivity contribution in [2.24, 2.45) is 5.92 Å². The van der Waals surface area contributed by atoms with Gasteiger partial charge in [-0.2, -0.15) is 11.8 Å². The SMILES string of the molecule is C=C(CCC(F)Cl)C1CSC(C)C1. The molecule has 0 aliphatic carbocycles. The Morgan fingerprint density at radius 1 is 1.77 bits per heavy atom. The van der Waals surface area contributed by atoms with Crippen LogP contribution in [0.25, 0.3) is 0 Å². The molecular weight excluding hydrogens is 207 g/mol. The summed E-state index contributed by atoms with van der Waals surface area (Å²) >= 11 is 7.22. The van der Waals surface area contributed by atoms with Crippen LogP contribution in [-0.4, -0.2) is 16.6 Å². The van der Waals surface area contributed by atoms with Crippen LogP contribution in [-0.2, 0) is 0 Å². The summed E-state index contributed by atoms with van der Waals surface area (Å²) in [5.74, 6) is 1.75. The third-order valence-corrected chi connectivity index (χ3v) is 4.03. The number of halogens is 2. The maximum absolute atomic E-state index is 12.3. The molecule has 76 valence electrons. The minimum Gasteiger partial charge on any atom is -0.230 e. The highest BCUT2D eigenvalue weighted by atomic mass is 35.5. The fourth-order valence-electron chi connectivity index (χ4n) is 1.60. The van der Waals surface area contributed by atoms with Crippen molar-refractivity contribution in [3.05, 3.63) is 12.2 Å². The zero-order valence-corrected chi connectivity index (χ0v) is 9.50. The number of hydrogen-bond donors (Lipinski definition) is 0. The fraction of sp³-hybridized carbons (Fsp3) is 0.800. The molecule has 0 aromatic heterocycles. The summed E-state index contributed by atoms with van der Waals surface area (Å²) in [6.45, 7) is 6.24. The monoisotopic (exact) mass is 222 g/mol. The Balaban J connectivity index is 2.24. The van der Waals surface area contributed by atoms with Crippen molar-refractivity contribution >= 4 is 23.4 Å². The highest BCUT2D eigenvalue weighted by Gasteiger charge is 2.23. The Hall–Kier alpha value is 0.310. The molecule has 13 heavy (non-hydrogen) atoms.